The molecule has 0 N–H and O–H groups in total. The van der Waals surface area contributed by atoms with Gasteiger partial charge in [0.25, 0.3) is 0 Å². The molecule has 0 unspecified atom stereocenters. The van der Waals surface area contributed by atoms with E-state index in [4.69, 9.17) is 26.5 Å². The van der Waals surface area contributed by atoms with Gasteiger partial charge in [-0.2, -0.15) is 0 Å². The van der Waals surface area contributed by atoms with Crippen molar-refractivity contribution in [1.29, 1.82) is 0 Å². The Balaban J connectivity index is 1.28. The smallest absolute Gasteiger partial charge is 0.405 e. The van der Waals surface area contributed by atoms with Gasteiger partial charge in [-0.15, -0.1) is 0 Å². The van der Waals surface area contributed by atoms with Gasteiger partial charge in [-0.3, -0.25) is 0 Å². The highest BCUT2D eigenvalue weighted by molar-refractivity contribution is 6.63. The Morgan fingerprint density at radius 3 is 2.17 bits per heavy atom. The molecular formula is C17H17B3O4. The van der Waals surface area contributed by atoms with Crippen LogP contribution in [0.15, 0.2) is 36.4 Å². The normalized spacial score (nSPS) is 15.7. The van der Waals surface area contributed by atoms with Crippen LogP contribution in [0.1, 0.15) is 16.7 Å². The molecule has 2 radical (unpaired) electrons. The Morgan fingerprint density at radius 1 is 0.917 bits per heavy atom. The molecule has 118 valence electrons. The molecule has 0 atom stereocenters. The van der Waals surface area contributed by atoms with Gasteiger partial charge in [0.1, 0.15) is 7.85 Å². The van der Waals surface area contributed by atoms with Crippen LogP contribution in [0.2, 0.25) is 0 Å². The van der Waals surface area contributed by atoms with Crippen molar-refractivity contribution in [3.63, 3.8) is 0 Å². The summed E-state index contributed by atoms with van der Waals surface area (Å²) in [5.41, 5.74) is 6.42. The summed E-state index contributed by atoms with van der Waals surface area (Å²) >= 11 is 0. The molecule has 2 aromatic carbocycles. The number of benzene rings is 2. The van der Waals surface area contributed by atoms with Crippen LogP contribution in [0.25, 0.3) is 0 Å². The van der Waals surface area contributed by atoms with Crippen molar-refractivity contribution in [3.05, 3.63) is 53.1 Å². The van der Waals surface area contributed by atoms with E-state index in [1.165, 1.54) is 11.1 Å². The van der Waals surface area contributed by atoms with Crippen LogP contribution in [0, 0.1) is 6.92 Å². The second-order valence-electron chi connectivity index (χ2n) is 6.19. The van der Waals surface area contributed by atoms with Crippen LogP contribution in [-0.2, 0) is 31.8 Å². The minimum Gasteiger partial charge on any atom is -0.405 e. The fraction of sp³-hybridized carbons (Fsp3) is 0.294. The summed E-state index contributed by atoms with van der Waals surface area (Å²) in [6.45, 7) is 4.10. The van der Waals surface area contributed by atoms with E-state index in [2.05, 4.69) is 25.1 Å². The minimum atomic E-state index is -0.344. The first kappa shape index (κ1) is 16.0. The highest BCUT2D eigenvalue weighted by Crippen LogP contribution is 2.14. The molecule has 0 bridgehead atoms. The Kier molecular flexibility index (Phi) is 4.50. The highest BCUT2D eigenvalue weighted by Gasteiger charge is 2.32. The molecule has 0 saturated carbocycles. The van der Waals surface area contributed by atoms with Crippen LogP contribution < -0.4 is 16.4 Å². The van der Waals surface area contributed by atoms with E-state index in [1.54, 1.807) is 0 Å². The van der Waals surface area contributed by atoms with Crippen LogP contribution in [0.4, 0.5) is 0 Å². The van der Waals surface area contributed by atoms with Gasteiger partial charge in [-0.25, -0.2) is 0 Å². The molecule has 24 heavy (non-hydrogen) atoms. The van der Waals surface area contributed by atoms with E-state index in [0.29, 0.717) is 26.4 Å². The summed E-state index contributed by atoms with van der Waals surface area (Å²) in [5, 5.41) is 0. The van der Waals surface area contributed by atoms with Crippen molar-refractivity contribution < 1.29 is 18.6 Å². The van der Waals surface area contributed by atoms with Gasteiger partial charge in [-0.1, -0.05) is 47.4 Å². The van der Waals surface area contributed by atoms with Crippen molar-refractivity contribution in [2.45, 2.75) is 20.1 Å². The maximum absolute atomic E-state index is 5.81. The third-order valence-electron chi connectivity index (χ3n) is 4.38. The van der Waals surface area contributed by atoms with Gasteiger partial charge in [-0.05, 0) is 29.0 Å². The lowest BCUT2D eigenvalue weighted by atomic mass is 9.77. The summed E-state index contributed by atoms with van der Waals surface area (Å²) in [4.78, 5) is 0. The van der Waals surface area contributed by atoms with E-state index < -0.39 is 0 Å². The number of hydrogen-bond acceptors (Lipinski definition) is 4. The average Bonchev–Trinajstić information content (AvgIpc) is 3.15. The van der Waals surface area contributed by atoms with Crippen molar-refractivity contribution in [2.75, 3.05) is 13.2 Å². The summed E-state index contributed by atoms with van der Waals surface area (Å²) < 4.78 is 23.0. The lowest BCUT2D eigenvalue weighted by molar-refractivity contribution is 0.149. The van der Waals surface area contributed by atoms with Gasteiger partial charge in [0, 0.05) is 0 Å². The molecule has 0 amide bonds. The van der Waals surface area contributed by atoms with E-state index in [-0.39, 0.29) is 14.2 Å². The number of aryl methyl sites for hydroxylation is 1. The Morgan fingerprint density at radius 2 is 1.50 bits per heavy atom. The molecule has 2 aromatic rings. The molecule has 4 rings (SSSR count). The third-order valence-corrected chi connectivity index (χ3v) is 4.38. The molecule has 4 nitrogen and oxygen atoms in total. The molecule has 2 aliphatic rings. The zero-order valence-corrected chi connectivity index (χ0v) is 13.7. The van der Waals surface area contributed by atoms with Gasteiger partial charge in [0.2, 0.25) is 0 Å². The van der Waals surface area contributed by atoms with E-state index in [1.807, 2.05) is 18.2 Å². The Bertz CT molecular complexity index is 689. The number of fused-ring (bicyclic) bond motifs is 2. The largest absolute Gasteiger partial charge is 0.494 e. The lowest BCUT2D eigenvalue weighted by Gasteiger charge is -2.11. The summed E-state index contributed by atoms with van der Waals surface area (Å²) in [5.74, 6) is 0. The van der Waals surface area contributed by atoms with Gasteiger partial charge in [0.15, 0.2) is 0 Å². The van der Waals surface area contributed by atoms with Crippen LogP contribution >= 0.6 is 0 Å². The second-order valence-corrected chi connectivity index (χ2v) is 6.19. The molecule has 2 heterocycles. The zero-order valence-electron chi connectivity index (χ0n) is 13.7. The molecule has 0 aliphatic carbocycles. The lowest BCUT2D eigenvalue weighted by Crippen LogP contribution is -2.36. The van der Waals surface area contributed by atoms with Crippen LogP contribution in [-0.4, -0.2) is 35.3 Å². The highest BCUT2D eigenvalue weighted by atomic mass is 16.6. The van der Waals surface area contributed by atoms with Crippen molar-refractivity contribution in [1.82, 2.24) is 0 Å². The predicted octanol–water partition coefficient (Wildman–Crippen LogP) is -0.0270. The second kappa shape index (κ2) is 6.77. The van der Waals surface area contributed by atoms with Crippen LogP contribution in [0.3, 0.4) is 0 Å². The Labute approximate surface area is 144 Å². The fourth-order valence-corrected chi connectivity index (χ4v) is 3.17. The maximum Gasteiger partial charge on any atom is 0.494 e. The summed E-state index contributed by atoms with van der Waals surface area (Å²) in [7, 11) is 5.14. The molecule has 0 fully saturated rings. The first-order chi connectivity index (χ1) is 11.7. The van der Waals surface area contributed by atoms with Crippen LogP contribution in [0.5, 0.6) is 0 Å². The number of rotatable bonds is 5. The fourth-order valence-electron chi connectivity index (χ4n) is 3.17. The predicted molar refractivity (Wildman–Crippen MR) is 95.3 cm³/mol. The van der Waals surface area contributed by atoms with E-state index in [9.17, 15) is 0 Å². The summed E-state index contributed by atoms with van der Waals surface area (Å²) in [6.07, 6.45) is 0. The summed E-state index contributed by atoms with van der Waals surface area (Å²) in [6, 6.07) is 12.1. The standard InChI is InChI=1S/C17H17B3O4/c1-12-2-4-16-13(8-12)10-23-19(16)21-6-7-22-20-17-5-3-15(18)9-14(17)11-24-20/h2-5,8-9H,6-7,10-11H2,1H3. The average molecular weight is 318 g/mol. The van der Waals surface area contributed by atoms with E-state index in [0.717, 1.165) is 22.0 Å². The molecule has 7 heteroatoms. The molecule has 2 aliphatic heterocycles. The van der Waals surface area contributed by atoms with Gasteiger partial charge < -0.3 is 18.6 Å². The van der Waals surface area contributed by atoms with Crippen molar-refractivity contribution in [3.8, 4) is 0 Å². The van der Waals surface area contributed by atoms with Crippen molar-refractivity contribution in [2.24, 2.45) is 0 Å². The molecule has 0 aromatic heterocycles. The Hall–Kier alpha value is -1.53. The van der Waals surface area contributed by atoms with Crippen molar-refractivity contribution >= 4 is 38.5 Å². The first-order valence-electron chi connectivity index (χ1n) is 8.15. The minimum absolute atomic E-state index is 0.305. The first-order valence-corrected chi connectivity index (χ1v) is 8.15. The van der Waals surface area contributed by atoms with Gasteiger partial charge in [0.05, 0.1) is 26.4 Å². The molecular weight excluding hydrogens is 301 g/mol. The third kappa shape index (κ3) is 3.17. The quantitative estimate of drug-likeness (QED) is 0.573. The van der Waals surface area contributed by atoms with E-state index >= 15 is 0 Å². The molecule has 0 spiro atoms. The number of hydrogen-bond donors (Lipinski definition) is 0. The van der Waals surface area contributed by atoms with Gasteiger partial charge >= 0.3 is 14.2 Å². The zero-order chi connectivity index (χ0) is 16.5. The molecule has 0 saturated heterocycles. The monoisotopic (exact) mass is 318 g/mol. The maximum atomic E-state index is 5.81. The SMILES string of the molecule is [B]c1ccc2c(c1)COB2OCCOB1OCc2cc(C)ccc21. The topological polar surface area (TPSA) is 36.9 Å².